The summed E-state index contributed by atoms with van der Waals surface area (Å²) < 4.78 is 36.8. The van der Waals surface area contributed by atoms with Gasteiger partial charge >= 0.3 is 6.18 Å². The van der Waals surface area contributed by atoms with Crippen LogP contribution in [0, 0.1) is 0 Å². The Morgan fingerprint density at radius 3 is 2.29 bits per heavy atom. The van der Waals surface area contributed by atoms with Gasteiger partial charge in [0.2, 0.25) is 0 Å². The van der Waals surface area contributed by atoms with Crippen LogP contribution in [0.15, 0.2) is 12.4 Å². The van der Waals surface area contributed by atoms with E-state index in [9.17, 15) is 13.2 Å². The Hall–Kier alpha value is -0.880. The van der Waals surface area contributed by atoms with Gasteiger partial charge in [-0.05, 0) is 19.4 Å². The zero-order valence-electron chi connectivity index (χ0n) is 9.00. The first kappa shape index (κ1) is 14.2. The molecule has 0 saturated carbocycles. The average molecular weight is 268 g/mol. The van der Waals surface area contributed by atoms with Gasteiger partial charge in [-0.15, -0.1) is 12.4 Å². The fraction of sp³-hybridized carbons (Fsp3) is 0.600. The zero-order valence-corrected chi connectivity index (χ0v) is 9.81. The molecule has 2 heterocycles. The summed E-state index contributed by atoms with van der Waals surface area (Å²) in [5, 5.41) is 3.19. The summed E-state index contributed by atoms with van der Waals surface area (Å²) in [4.78, 5) is 7.55. The molecule has 0 radical (unpaired) electrons. The largest absolute Gasteiger partial charge is 0.419 e. The topological polar surface area (TPSA) is 37.8 Å². The lowest BCUT2D eigenvalue weighted by Crippen LogP contribution is -2.28. The number of hydrogen-bond donors (Lipinski definition) is 1. The van der Waals surface area contributed by atoms with E-state index in [0.29, 0.717) is 5.82 Å². The summed E-state index contributed by atoms with van der Waals surface area (Å²) in [6.07, 6.45) is 0.361. The molecule has 17 heavy (non-hydrogen) atoms. The van der Waals surface area contributed by atoms with Gasteiger partial charge in [-0.1, -0.05) is 6.42 Å². The second-order valence-electron chi connectivity index (χ2n) is 3.83. The summed E-state index contributed by atoms with van der Waals surface area (Å²) >= 11 is 0. The summed E-state index contributed by atoms with van der Waals surface area (Å²) in [5.74, 6) is 0.452. The number of halogens is 4. The summed E-state index contributed by atoms with van der Waals surface area (Å²) in [5.41, 5.74) is -0.799. The number of alkyl halides is 3. The SMILES string of the molecule is Cl.FC(F)(F)c1cnc([C@H]2CCCCN2)nc1. The predicted octanol–water partition coefficient (Wildman–Crippen LogP) is 2.73. The van der Waals surface area contributed by atoms with Gasteiger partial charge in [-0.2, -0.15) is 13.2 Å². The second-order valence-corrected chi connectivity index (χ2v) is 3.83. The third-order valence-electron chi connectivity index (χ3n) is 2.62. The number of aromatic nitrogens is 2. The van der Waals surface area contributed by atoms with Crippen LogP contribution in [0.25, 0.3) is 0 Å². The smallest absolute Gasteiger partial charge is 0.307 e. The first-order chi connectivity index (χ1) is 7.57. The average Bonchev–Trinajstić information content (AvgIpc) is 2.29. The van der Waals surface area contributed by atoms with Gasteiger partial charge in [-0.3, -0.25) is 0 Å². The normalized spacial score (nSPS) is 20.8. The van der Waals surface area contributed by atoms with E-state index in [0.717, 1.165) is 38.2 Å². The number of rotatable bonds is 1. The van der Waals surface area contributed by atoms with Crippen molar-refractivity contribution in [3.05, 3.63) is 23.8 Å². The Labute approximate surface area is 103 Å². The molecule has 1 aromatic heterocycles. The molecule has 1 aliphatic heterocycles. The molecule has 7 heteroatoms. The lowest BCUT2D eigenvalue weighted by Gasteiger charge is -2.22. The summed E-state index contributed by atoms with van der Waals surface area (Å²) in [6.45, 7) is 0.870. The van der Waals surface area contributed by atoms with E-state index in [4.69, 9.17) is 0 Å². The Morgan fingerprint density at radius 1 is 1.18 bits per heavy atom. The van der Waals surface area contributed by atoms with Gasteiger partial charge in [0.05, 0.1) is 11.6 Å². The van der Waals surface area contributed by atoms with Crippen molar-refractivity contribution in [2.75, 3.05) is 6.54 Å². The molecule has 0 unspecified atom stereocenters. The molecule has 0 aliphatic carbocycles. The van der Waals surface area contributed by atoms with Crippen LogP contribution in [-0.4, -0.2) is 16.5 Å². The predicted molar refractivity (Wildman–Crippen MR) is 58.9 cm³/mol. The minimum Gasteiger partial charge on any atom is -0.307 e. The van der Waals surface area contributed by atoms with Crippen LogP contribution in [0.1, 0.15) is 36.7 Å². The highest BCUT2D eigenvalue weighted by Crippen LogP contribution is 2.28. The number of hydrogen-bond acceptors (Lipinski definition) is 3. The molecule has 1 aromatic rings. The highest BCUT2D eigenvalue weighted by atomic mass is 35.5. The molecule has 1 aliphatic rings. The van der Waals surface area contributed by atoms with Crippen LogP contribution < -0.4 is 5.32 Å². The fourth-order valence-corrected chi connectivity index (χ4v) is 1.74. The lowest BCUT2D eigenvalue weighted by atomic mass is 10.0. The standard InChI is InChI=1S/C10H12F3N3.ClH/c11-10(12,13)7-5-15-9(16-6-7)8-3-1-2-4-14-8;/h5-6,8,14H,1-4H2;1H/t8-;/m1./s1. The van der Waals surface area contributed by atoms with Gasteiger partial charge in [0.25, 0.3) is 0 Å². The summed E-state index contributed by atoms with van der Waals surface area (Å²) in [6, 6.07) is -0.00367. The van der Waals surface area contributed by atoms with Crippen LogP contribution in [-0.2, 0) is 6.18 Å². The molecule has 1 saturated heterocycles. The van der Waals surface area contributed by atoms with Crippen LogP contribution in [0.2, 0.25) is 0 Å². The van der Waals surface area contributed by atoms with Crippen molar-refractivity contribution in [1.82, 2.24) is 15.3 Å². The van der Waals surface area contributed by atoms with Gasteiger partial charge in [0, 0.05) is 12.4 Å². The molecule has 3 nitrogen and oxygen atoms in total. The third-order valence-corrected chi connectivity index (χ3v) is 2.62. The molecular weight excluding hydrogens is 255 g/mol. The van der Waals surface area contributed by atoms with Crippen LogP contribution in [0.4, 0.5) is 13.2 Å². The van der Waals surface area contributed by atoms with Crippen molar-refractivity contribution in [2.45, 2.75) is 31.5 Å². The van der Waals surface area contributed by atoms with E-state index in [1.807, 2.05) is 0 Å². The number of piperidine rings is 1. The first-order valence-electron chi connectivity index (χ1n) is 5.20. The van der Waals surface area contributed by atoms with E-state index in [-0.39, 0.29) is 18.4 Å². The van der Waals surface area contributed by atoms with E-state index >= 15 is 0 Å². The number of nitrogens with zero attached hydrogens (tertiary/aromatic N) is 2. The molecule has 0 bridgehead atoms. The van der Waals surface area contributed by atoms with Crippen molar-refractivity contribution < 1.29 is 13.2 Å². The zero-order chi connectivity index (χ0) is 11.6. The molecule has 1 N–H and O–H groups in total. The first-order valence-corrected chi connectivity index (χ1v) is 5.20. The molecule has 0 spiro atoms. The molecule has 0 amide bonds. The van der Waals surface area contributed by atoms with Gasteiger partial charge in [0.1, 0.15) is 5.82 Å². The minimum atomic E-state index is -4.36. The molecule has 1 atom stereocenters. The van der Waals surface area contributed by atoms with E-state index < -0.39 is 11.7 Å². The Morgan fingerprint density at radius 2 is 1.82 bits per heavy atom. The molecule has 1 fully saturated rings. The van der Waals surface area contributed by atoms with Crippen molar-refractivity contribution in [1.29, 1.82) is 0 Å². The fourth-order valence-electron chi connectivity index (χ4n) is 1.74. The molecule has 2 rings (SSSR count). The van der Waals surface area contributed by atoms with Crippen molar-refractivity contribution in [3.63, 3.8) is 0 Å². The monoisotopic (exact) mass is 267 g/mol. The number of nitrogens with one attached hydrogen (secondary N) is 1. The highest BCUT2D eigenvalue weighted by Gasteiger charge is 2.31. The Kier molecular flexibility index (Phi) is 4.70. The Balaban J connectivity index is 0.00000144. The van der Waals surface area contributed by atoms with Crippen molar-refractivity contribution in [3.8, 4) is 0 Å². The van der Waals surface area contributed by atoms with Gasteiger partial charge in [0.15, 0.2) is 0 Å². The van der Waals surface area contributed by atoms with Gasteiger partial charge < -0.3 is 5.32 Å². The highest BCUT2D eigenvalue weighted by molar-refractivity contribution is 5.85. The van der Waals surface area contributed by atoms with E-state index in [1.54, 1.807) is 0 Å². The van der Waals surface area contributed by atoms with Crippen LogP contribution in [0.3, 0.4) is 0 Å². The van der Waals surface area contributed by atoms with Crippen LogP contribution in [0.5, 0.6) is 0 Å². The molecule has 96 valence electrons. The van der Waals surface area contributed by atoms with E-state index in [2.05, 4.69) is 15.3 Å². The lowest BCUT2D eigenvalue weighted by molar-refractivity contribution is -0.138. The quantitative estimate of drug-likeness (QED) is 0.850. The van der Waals surface area contributed by atoms with E-state index in [1.165, 1.54) is 0 Å². The minimum absolute atomic E-state index is 0. The molecular formula is C10H13ClF3N3. The van der Waals surface area contributed by atoms with Crippen LogP contribution >= 0.6 is 12.4 Å². The maximum atomic E-state index is 12.3. The molecule has 0 aromatic carbocycles. The summed E-state index contributed by atoms with van der Waals surface area (Å²) in [7, 11) is 0. The van der Waals surface area contributed by atoms with Crippen molar-refractivity contribution in [2.24, 2.45) is 0 Å². The second kappa shape index (κ2) is 5.64. The van der Waals surface area contributed by atoms with Gasteiger partial charge in [-0.25, -0.2) is 9.97 Å². The Bertz CT molecular complexity index is 347. The maximum absolute atomic E-state index is 12.3. The van der Waals surface area contributed by atoms with Crippen molar-refractivity contribution >= 4 is 12.4 Å². The maximum Gasteiger partial charge on any atom is 0.419 e. The third kappa shape index (κ3) is 3.54.